The lowest BCUT2D eigenvalue weighted by atomic mass is 9.94. The number of hydrogen-bond donors (Lipinski definition) is 1. The minimum absolute atomic E-state index is 0.249. The molecule has 0 radical (unpaired) electrons. The number of rotatable bonds is 4. The van der Waals surface area contributed by atoms with Gasteiger partial charge >= 0.3 is 5.97 Å². The van der Waals surface area contributed by atoms with Gasteiger partial charge in [0.15, 0.2) is 0 Å². The molecule has 0 bridgehead atoms. The van der Waals surface area contributed by atoms with E-state index in [1.165, 1.54) is 7.11 Å². The second-order valence-corrected chi connectivity index (χ2v) is 7.10. The number of carbonyl (C=O) groups excluding carboxylic acids is 1. The molecule has 2 rings (SSSR count). The molecule has 0 amide bonds. The van der Waals surface area contributed by atoms with Crippen molar-refractivity contribution in [2.75, 3.05) is 7.11 Å². The number of allylic oxidation sites excluding steroid dienone is 3. The van der Waals surface area contributed by atoms with Crippen LogP contribution in [0.15, 0.2) is 51.0 Å². The normalized spacial score (nSPS) is 19.4. The van der Waals surface area contributed by atoms with Crippen molar-refractivity contribution in [2.24, 2.45) is 5.92 Å². The Bertz CT molecular complexity index is 701. The first-order chi connectivity index (χ1) is 10.9. The van der Waals surface area contributed by atoms with E-state index in [1.54, 1.807) is 0 Å². The van der Waals surface area contributed by atoms with E-state index in [1.807, 2.05) is 52.0 Å². The molecule has 1 aromatic carbocycles. The molecule has 4 nitrogen and oxygen atoms in total. The molecule has 1 N–H and O–H groups in total. The molecule has 5 heteroatoms. The first kappa shape index (κ1) is 17.5. The molecule has 0 saturated heterocycles. The third-order valence-corrected chi connectivity index (χ3v) is 5.76. The highest BCUT2D eigenvalue weighted by molar-refractivity contribution is 7.89. The molecule has 1 aromatic rings. The Labute approximate surface area is 140 Å². The lowest BCUT2D eigenvalue weighted by Crippen LogP contribution is -2.30. The van der Waals surface area contributed by atoms with Crippen LogP contribution in [0.3, 0.4) is 0 Å². The summed E-state index contributed by atoms with van der Waals surface area (Å²) in [4.78, 5) is 13.6. The van der Waals surface area contributed by atoms with Gasteiger partial charge in [-0.1, -0.05) is 31.5 Å². The monoisotopic (exact) mass is 333 g/mol. The van der Waals surface area contributed by atoms with Crippen molar-refractivity contribution >= 4 is 16.8 Å². The lowest BCUT2D eigenvalue weighted by molar-refractivity contribution is -0.136. The fraction of sp³-hybridized carbons (Fsp3) is 0.389. The van der Waals surface area contributed by atoms with Crippen LogP contribution in [0.1, 0.15) is 32.8 Å². The molecule has 0 spiro atoms. The van der Waals surface area contributed by atoms with Gasteiger partial charge in [0.25, 0.3) is 0 Å². The molecule has 0 saturated carbocycles. The Morgan fingerprint density at radius 3 is 2.39 bits per heavy atom. The SMILES string of the molecule is CCC1=C([S@@](=O)c2ccc(C)cc2)[C@H](C)C(C(=O)OC)=C(C)N1. The second kappa shape index (κ2) is 7.13. The maximum atomic E-state index is 13.1. The third kappa shape index (κ3) is 3.39. The number of nitrogens with one attached hydrogen (secondary N) is 1. The van der Waals surface area contributed by atoms with Crippen LogP contribution in [-0.2, 0) is 20.3 Å². The second-order valence-electron chi connectivity index (χ2n) is 5.66. The average Bonchev–Trinajstić information content (AvgIpc) is 2.54. The van der Waals surface area contributed by atoms with Gasteiger partial charge in [0.2, 0.25) is 0 Å². The summed E-state index contributed by atoms with van der Waals surface area (Å²) in [6.45, 7) is 7.77. The van der Waals surface area contributed by atoms with Crippen molar-refractivity contribution in [3.05, 3.63) is 51.7 Å². The molecular weight excluding hydrogens is 310 g/mol. The van der Waals surface area contributed by atoms with Crippen LogP contribution in [0.2, 0.25) is 0 Å². The van der Waals surface area contributed by atoms with E-state index in [9.17, 15) is 9.00 Å². The van der Waals surface area contributed by atoms with Gasteiger partial charge in [0.05, 0.1) is 23.5 Å². The molecule has 0 unspecified atom stereocenters. The number of esters is 1. The van der Waals surface area contributed by atoms with Gasteiger partial charge < -0.3 is 10.1 Å². The Balaban J connectivity index is 2.47. The first-order valence-corrected chi connectivity index (χ1v) is 8.83. The van der Waals surface area contributed by atoms with Gasteiger partial charge in [0, 0.05) is 27.1 Å². The zero-order chi connectivity index (χ0) is 17.1. The molecule has 2 atom stereocenters. The number of aryl methyl sites for hydroxylation is 1. The minimum Gasteiger partial charge on any atom is -0.466 e. The van der Waals surface area contributed by atoms with E-state index in [4.69, 9.17) is 4.74 Å². The summed E-state index contributed by atoms with van der Waals surface area (Å²) in [5.74, 6) is -0.628. The maximum Gasteiger partial charge on any atom is 0.336 e. The molecule has 0 aromatic heterocycles. The molecular formula is C18H23NO3S. The predicted octanol–water partition coefficient (Wildman–Crippen LogP) is 3.41. The highest BCUT2D eigenvalue weighted by Gasteiger charge is 2.33. The summed E-state index contributed by atoms with van der Waals surface area (Å²) >= 11 is 0. The predicted molar refractivity (Wildman–Crippen MR) is 91.9 cm³/mol. The van der Waals surface area contributed by atoms with Gasteiger partial charge in [-0.05, 0) is 32.4 Å². The van der Waals surface area contributed by atoms with Crippen molar-refractivity contribution in [1.29, 1.82) is 0 Å². The van der Waals surface area contributed by atoms with Crippen LogP contribution in [0.5, 0.6) is 0 Å². The van der Waals surface area contributed by atoms with Crippen molar-refractivity contribution in [2.45, 2.75) is 39.0 Å². The molecule has 1 aliphatic heterocycles. The number of methoxy groups -OCH3 is 1. The van der Waals surface area contributed by atoms with Crippen LogP contribution in [0.25, 0.3) is 0 Å². The third-order valence-electron chi connectivity index (χ3n) is 4.06. The number of hydrogen-bond acceptors (Lipinski definition) is 4. The van der Waals surface area contributed by atoms with E-state index in [-0.39, 0.29) is 11.9 Å². The fourth-order valence-electron chi connectivity index (χ4n) is 2.84. The van der Waals surface area contributed by atoms with Gasteiger partial charge in [-0.3, -0.25) is 0 Å². The van der Waals surface area contributed by atoms with Crippen molar-refractivity contribution in [3.63, 3.8) is 0 Å². The topological polar surface area (TPSA) is 55.4 Å². The maximum absolute atomic E-state index is 13.1. The van der Waals surface area contributed by atoms with Gasteiger partial charge in [-0.2, -0.15) is 0 Å². The van der Waals surface area contributed by atoms with Crippen LogP contribution in [0.4, 0.5) is 0 Å². The summed E-state index contributed by atoms with van der Waals surface area (Å²) in [6.07, 6.45) is 0.725. The van der Waals surface area contributed by atoms with Crippen LogP contribution >= 0.6 is 0 Å². The highest BCUT2D eigenvalue weighted by Crippen LogP contribution is 2.35. The number of benzene rings is 1. The van der Waals surface area contributed by atoms with Crippen molar-refractivity contribution in [3.8, 4) is 0 Å². The number of carbonyl (C=O) groups is 1. The van der Waals surface area contributed by atoms with E-state index >= 15 is 0 Å². The summed E-state index contributed by atoms with van der Waals surface area (Å²) in [5, 5.41) is 3.24. The molecule has 1 aliphatic rings. The van der Waals surface area contributed by atoms with Gasteiger partial charge in [0.1, 0.15) is 0 Å². The van der Waals surface area contributed by atoms with Crippen molar-refractivity contribution < 1.29 is 13.7 Å². The Hall–Kier alpha value is -1.88. The van der Waals surface area contributed by atoms with E-state index in [0.717, 1.165) is 33.2 Å². The van der Waals surface area contributed by atoms with E-state index in [0.29, 0.717) is 5.57 Å². The highest BCUT2D eigenvalue weighted by atomic mass is 32.2. The Kier molecular flexibility index (Phi) is 5.42. The summed E-state index contributed by atoms with van der Waals surface area (Å²) in [5.41, 5.74) is 3.35. The van der Waals surface area contributed by atoms with Gasteiger partial charge in [-0.25, -0.2) is 9.00 Å². The van der Waals surface area contributed by atoms with Crippen LogP contribution in [-0.4, -0.2) is 17.3 Å². The molecule has 23 heavy (non-hydrogen) atoms. The van der Waals surface area contributed by atoms with Crippen LogP contribution < -0.4 is 5.32 Å². The fourth-order valence-corrected chi connectivity index (χ4v) is 4.33. The molecule has 1 heterocycles. The summed E-state index contributed by atoms with van der Waals surface area (Å²) in [7, 11) is 0.0489. The quantitative estimate of drug-likeness (QED) is 0.858. The van der Waals surface area contributed by atoms with Crippen molar-refractivity contribution in [1.82, 2.24) is 5.32 Å². The van der Waals surface area contributed by atoms with E-state index in [2.05, 4.69) is 5.32 Å². The lowest BCUT2D eigenvalue weighted by Gasteiger charge is -2.29. The summed E-state index contributed by atoms with van der Waals surface area (Å²) < 4.78 is 18.0. The largest absolute Gasteiger partial charge is 0.466 e. The summed E-state index contributed by atoms with van der Waals surface area (Å²) in [6, 6.07) is 7.65. The zero-order valence-electron chi connectivity index (χ0n) is 14.2. The minimum atomic E-state index is -1.32. The first-order valence-electron chi connectivity index (χ1n) is 7.68. The smallest absolute Gasteiger partial charge is 0.336 e. The molecule has 124 valence electrons. The van der Waals surface area contributed by atoms with Crippen LogP contribution in [0, 0.1) is 12.8 Å². The number of ether oxygens (including phenoxy) is 1. The molecule has 0 aliphatic carbocycles. The van der Waals surface area contributed by atoms with Gasteiger partial charge in [-0.15, -0.1) is 0 Å². The number of dihydropyridines is 1. The standard InChI is InChI=1S/C18H23NO3S/c1-6-15-17(23(21)14-9-7-11(2)8-10-14)12(3)16(13(4)19-15)18(20)22-5/h7-10,12,19H,6H2,1-5H3/t12-,23+/m1/s1. The van der Waals surface area contributed by atoms with E-state index < -0.39 is 10.8 Å². The average molecular weight is 333 g/mol. The Morgan fingerprint density at radius 1 is 1.26 bits per heavy atom. The zero-order valence-corrected chi connectivity index (χ0v) is 15.0. The Morgan fingerprint density at radius 2 is 1.87 bits per heavy atom. The molecule has 0 fully saturated rings.